The maximum absolute atomic E-state index is 5.67. The summed E-state index contributed by atoms with van der Waals surface area (Å²) in [4.78, 5) is 11.6. The molecule has 17 heavy (non-hydrogen) atoms. The number of hydrazine groups is 1. The number of nitrogens with zero attached hydrogens (tertiary/aromatic N) is 3. The van der Waals surface area contributed by atoms with E-state index < -0.39 is 0 Å². The molecule has 0 amide bonds. The molecule has 5 nitrogen and oxygen atoms in total. The first kappa shape index (κ1) is 14.1. The Balaban J connectivity index is 2.55. The van der Waals surface area contributed by atoms with Crippen molar-refractivity contribution in [3.8, 4) is 0 Å². The van der Waals surface area contributed by atoms with Crippen molar-refractivity contribution in [2.45, 2.75) is 46.6 Å². The summed E-state index contributed by atoms with van der Waals surface area (Å²) in [6, 6.07) is 0. The molecule has 0 saturated heterocycles. The smallest absolute Gasteiger partial charge is 0.241 e. The van der Waals surface area contributed by atoms with Gasteiger partial charge in [-0.2, -0.15) is 4.98 Å². The SMILES string of the molecule is CC(C)(C)CC(C)(C)NNc1ncnc(Cl)n1. The quantitative estimate of drug-likeness (QED) is 0.812. The molecule has 96 valence electrons. The predicted octanol–water partition coefficient (Wildman–Crippen LogP) is 2.66. The van der Waals surface area contributed by atoms with E-state index in [0.29, 0.717) is 5.95 Å². The average Bonchev–Trinajstić information content (AvgIpc) is 2.11. The highest BCUT2D eigenvalue weighted by atomic mass is 35.5. The van der Waals surface area contributed by atoms with Gasteiger partial charge in [-0.3, -0.25) is 5.43 Å². The van der Waals surface area contributed by atoms with E-state index in [4.69, 9.17) is 11.6 Å². The third-order valence-electron chi connectivity index (χ3n) is 2.03. The molecule has 0 unspecified atom stereocenters. The summed E-state index contributed by atoms with van der Waals surface area (Å²) in [6.45, 7) is 10.9. The summed E-state index contributed by atoms with van der Waals surface area (Å²) in [5.74, 6) is 0.423. The van der Waals surface area contributed by atoms with Gasteiger partial charge in [-0.05, 0) is 37.3 Å². The Labute approximate surface area is 107 Å². The number of halogens is 1. The van der Waals surface area contributed by atoms with E-state index in [1.54, 1.807) is 0 Å². The van der Waals surface area contributed by atoms with Crippen molar-refractivity contribution >= 4 is 17.5 Å². The molecule has 2 N–H and O–H groups in total. The van der Waals surface area contributed by atoms with E-state index in [9.17, 15) is 0 Å². The van der Waals surface area contributed by atoms with Crippen molar-refractivity contribution in [2.75, 3.05) is 5.43 Å². The Morgan fingerprint density at radius 1 is 1.18 bits per heavy atom. The molecule has 0 atom stereocenters. The van der Waals surface area contributed by atoms with E-state index in [1.165, 1.54) is 6.33 Å². The molecule has 6 heteroatoms. The van der Waals surface area contributed by atoms with Crippen LogP contribution >= 0.6 is 11.6 Å². The van der Waals surface area contributed by atoms with E-state index >= 15 is 0 Å². The van der Waals surface area contributed by atoms with E-state index in [-0.39, 0.29) is 16.2 Å². The van der Waals surface area contributed by atoms with Crippen LogP contribution in [0.5, 0.6) is 0 Å². The molecular weight excluding hydrogens is 238 g/mol. The molecular formula is C11H20ClN5. The van der Waals surface area contributed by atoms with Gasteiger partial charge in [-0.15, -0.1) is 0 Å². The zero-order valence-electron chi connectivity index (χ0n) is 11.0. The van der Waals surface area contributed by atoms with Crippen molar-refractivity contribution in [2.24, 2.45) is 5.41 Å². The Morgan fingerprint density at radius 3 is 2.35 bits per heavy atom. The number of hydrogen-bond acceptors (Lipinski definition) is 5. The third kappa shape index (κ3) is 5.79. The van der Waals surface area contributed by atoms with Gasteiger partial charge in [-0.25, -0.2) is 15.4 Å². The minimum Gasteiger partial charge on any atom is -0.289 e. The minimum absolute atomic E-state index is 0.0721. The Morgan fingerprint density at radius 2 is 1.82 bits per heavy atom. The van der Waals surface area contributed by atoms with Crippen LogP contribution in [-0.2, 0) is 0 Å². The number of aromatic nitrogens is 3. The van der Waals surface area contributed by atoms with Crippen LogP contribution in [0.1, 0.15) is 41.0 Å². The van der Waals surface area contributed by atoms with Crippen molar-refractivity contribution in [3.63, 3.8) is 0 Å². The second kappa shape index (κ2) is 5.14. The Kier molecular flexibility index (Phi) is 4.27. The molecule has 0 aromatic carbocycles. The van der Waals surface area contributed by atoms with Gasteiger partial charge in [0.25, 0.3) is 0 Å². The molecule has 0 aliphatic rings. The fourth-order valence-corrected chi connectivity index (χ4v) is 2.06. The summed E-state index contributed by atoms with van der Waals surface area (Å²) in [5, 5.41) is 0.179. The molecule has 0 fully saturated rings. The van der Waals surface area contributed by atoms with Gasteiger partial charge in [-0.1, -0.05) is 20.8 Å². The molecule has 1 heterocycles. The Bertz CT molecular complexity index is 372. The van der Waals surface area contributed by atoms with Crippen LogP contribution in [-0.4, -0.2) is 20.5 Å². The van der Waals surface area contributed by atoms with E-state index in [0.717, 1.165) is 6.42 Å². The zero-order chi connectivity index (χ0) is 13.1. The summed E-state index contributed by atoms with van der Waals surface area (Å²) in [5.41, 5.74) is 6.32. The van der Waals surface area contributed by atoms with E-state index in [2.05, 4.69) is 60.4 Å². The van der Waals surface area contributed by atoms with Crippen molar-refractivity contribution in [1.29, 1.82) is 0 Å². The number of anilines is 1. The monoisotopic (exact) mass is 257 g/mol. The van der Waals surface area contributed by atoms with Crippen LogP contribution < -0.4 is 10.9 Å². The fourth-order valence-electron chi connectivity index (χ4n) is 1.93. The first-order chi connectivity index (χ1) is 7.68. The van der Waals surface area contributed by atoms with Gasteiger partial charge in [0.2, 0.25) is 11.2 Å². The summed E-state index contributed by atoms with van der Waals surface area (Å²) < 4.78 is 0. The maximum atomic E-state index is 5.67. The van der Waals surface area contributed by atoms with Crippen LogP contribution in [0.2, 0.25) is 5.28 Å². The number of rotatable bonds is 4. The van der Waals surface area contributed by atoms with Crippen LogP contribution in [0.3, 0.4) is 0 Å². The summed E-state index contributed by atoms with van der Waals surface area (Å²) >= 11 is 5.67. The van der Waals surface area contributed by atoms with Gasteiger partial charge in [0.05, 0.1) is 0 Å². The second-order valence-corrected chi connectivity index (χ2v) is 6.29. The predicted molar refractivity (Wildman–Crippen MR) is 69.7 cm³/mol. The van der Waals surface area contributed by atoms with Gasteiger partial charge < -0.3 is 0 Å². The number of hydrogen-bond donors (Lipinski definition) is 2. The van der Waals surface area contributed by atoms with Crippen molar-refractivity contribution in [3.05, 3.63) is 11.6 Å². The molecule has 0 aliphatic heterocycles. The van der Waals surface area contributed by atoms with Gasteiger partial charge >= 0.3 is 0 Å². The summed E-state index contributed by atoms with van der Waals surface area (Å²) in [7, 11) is 0. The normalized spacial score (nSPS) is 12.6. The molecule has 1 aromatic rings. The van der Waals surface area contributed by atoms with Crippen molar-refractivity contribution in [1.82, 2.24) is 20.4 Å². The fraction of sp³-hybridized carbons (Fsp3) is 0.727. The van der Waals surface area contributed by atoms with Gasteiger partial charge in [0, 0.05) is 5.54 Å². The lowest BCUT2D eigenvalue weighted by atomic mass is 9.82. The highest BCUT2D eigenvalue weighted by molar-refractivity contribution is 6.28. The summed E-state index contributed by atoms with van der Waals surface area (Å²) in [6.07, 6.45) is 2.38. The molecule has 1 rings (SSSR count). The standard InChI is InChI=1S/C11H20ClN5/c1-10(2,3)6-11(4,5)17-16-9-14-7-13-8(12)15-9/h7,17H,6H2,1-5H3,(H,13,14,15,16). The van der Waals surface area contributed by atoms with Crippen molar-refractivity contribution < 1.29 is 0 Å². The van der Waals surface area contributed by atoms with Gasteiger partial charge in [0.1, 0.15) is 6.33 Å². The molecule has 0 saturated carbocycles. The minimum atomic E-state index is -0.0721. The second-order valence-electron chi connectivity index (χ2n) is 5.95. The first-order valence-corrected chi connectivity index (χ1v) is 5.93. The highest BCUT2D eigenvalue weighted by Gasteiger charge is 2.25. The van der Waals surface area contributed by atoms with Crippen LogP contribution in [0.25, 0.3) is 0 Å². The lowest BCUT2D eigenvalue weighted by molar-refractivity contribution is 0.253. The van der Waals surface area contributed by atoms with Crippen LogP contribution in [0.15, 0.2) is 6.33 Å². The van der Waals surface area contributed by atoms with Gasteiger partial charge in [0.15, 0.2) is 0 Å². The highest BCUT2D eigenvalue weighted by Crippen LogP contribution is 2.26. The molecule has 0 spiro atoms. The molecule has 0 aliphatic carbocycles. The zero-order valence-corrected chi connectivity index (χ0v) is 11.8. The maximum Gasteiger partial charge on any atom is 0.241 e. The third-order valence-corrected chi connectivity index (χ3v) is 2.21. The topological polar surface area (TPSA) is 62.7 Å². The van der Waals surface area contributed by atoms with E-state index in [1.807, 2.05) is 0 Å². The van der Waals surface area contributed by atoms with Crippen LogP contribution in [0.4, 0.5) is 5.95 Å². The Hall–Kier alpha value is -0.940. The average molecular weight is 258 g/mol. The largest absolute Gasteiger partial charge is 0.289 e. The van der Waals surface area contributed by atoms with Crippen LogP contribution in [0, 0.1) is 5.41 Å². The molecule has 0 bridgehead atoms. The first-order valence-electron chi connectivity index (χ1n) is 5.56. The molecule has 1 aromatic heterocycles. The lowest BCUT2D eigenvalue weighted by Crippen LogP contribution is -2.45. The lowest BCUT2D eigenvalue weighted by Gasteiger charge is -2.33. The molecule has 0 radical (unpaired) electrons. The number of nitrogens with one attached hydrogen (secondary N) is 2.